The topological polar surface area (TPSA) is 109 Å². The number of aromatic nitrogens is 1. The van der Waals surface area contributed by atoms with Gasteiger partial charge in [0.05, 0.1) is 5.70 Å². The molecule has 1 aromatic heterocycles. The van der Waals surface area contributed by atoms with Crippen molar-refractivity contribution in [3.63, 3.8) is 0 Å². The van der Waals surface area contributed by atoms with Gasteiger partial charge in [-0.2, -0.15) is 0 Å². The molecule has 0 radical (unpaired) electrons. The van der Waals surface area contributed by atoms with Crippen LogP contribution in [-0.2, 0) is 4.79 Å². The number of Topliss-reactive ketones (excluding diaryl/α,β-unsaturated/α-hetero) is 1. The molecule has 0 spiro atoms. The third kappa shape index (κ3) is 6.76. The van der Waals surface area contributed by atoms with E-state index in [9.17, 15) is 18.4 Å². The third-order valence-corrected chi connectivity index (χ3v) is 4.01. The zero-order valence-corrected chi connectivity index (χ0v) is 15.8. The van der Waals surface area contributed by atoms with Crippen LogP contribution < -0.4 is 16.4 Å². The normalized spacial score (nSPS) is 12.9. The molecule has 148 valence electrons. The predicted molar refractivity (Wildman–Crippen MR) is 99.4 cm³/mol. The number of hydrogen-bond donors (Lipinski definition) is 3. The molecule has 1 aromatic rings. The van der Waals surface area contributed by atoms with Crippen molar-refractivity contribution in [2.24, 2.45) is 16.1 Å². The summed E-state index contributed by atoms with van der Waals surface area (Å²) in [6.45, 7) is 5.43. The van der Waals surface area contributed by atoms with Crippen molar-refractivity contribution in [3.05, 3.63) is 41.5 Å². The molecular formula is C18H25F2N5O2. The number of rotatable bonds is 9. The summed E-state index contributed by atoms with van der Waals surface area (Å²) in [5.74, 6) is -0.608. The zero-order valence-electron chi connectivity index (χ0n) is 15.8. The molecule has 0 aliphatic rings. The van der Waals surface area contributed by atoms with Crippen molar-refractivity contribution >= 4 is 17.5 Å². The van der Waals surface area contributed by atoms with Crippen LogP contribution >= 0.6 is 0 Å². The Bertz CT molecular complexity index is 745. The molecule has 0 aliphatic carbocycles. The van der Waals surface area contributed by atoms with E-state index in [0.717, 1.165) is 6.07 Å². The minimum absolute atomic E-state index is 0.0422. The molecule has 0 saturated carbocycles. The van der Waals surface area contributed by atoms with Gasteiger partial charge in [-0.25, -0.2) is 13.8 Å². The Balaban J connectivity index is 2.88. The second-order valence-electron chi connectivity index (χ2n) is 6.51. The first-order valence-electron chi connectivity index (χ1n) is 8.33. The van der Waals surface area contributed by atoms with Crippen LogP contribution in [0.25, 0.3) is 0 Å². The second kappa shape index (κ2) is 9.75. The van der Waals surface area contributed by atoms with Crippen LogP contribution in [0.5, 0.6) is 0 Å². The van der Waals surface area contributed by atoms with Crippen LogP contribution in [0.4, 0.5) is 8.78 Å². The molecule has 9 heteroatoms. The lowest BCUT2D eigenvalue weighted by Crippen LogP contribution is -2.33. The van der Waals surface area contributed by atoms with Crippen LogP contribution in [0.3, 0.4) is 0 Å². The van der Waals surface area contributed by atoms with E-state index >= 15 is 0 Å². The van der Waals surface area contributed by atoms with Crippen LogP contribution in [0.1, 0.15) is 49.8 Å². The first-order chi connectivity index (χ1) is 12.6. The molecule has 0 aliphatic heterocycles. The fourth-order valence-electron chi connectivity index (χ4n) is 1.92. The van der Waals surface area contributed by atoms with Crippen LogP contribution in [-0.4, -0.2) is 36.1 Å². The maximum absolute atomic E-state index is 12.7. The quantitative estimate of drug-likeness (QED) is 0.449. The first kappa shape index (κ1) is 22.2. The zero-order chi connectivity index (χ0) is 20.6. The summed E-state index contributed by atoms with van der Waals surface area (Å²) >= 11 is 0. The number of amidine groups is 1. The number of halogens is 2. The number of nitrogens with two attached hydrogens (primary N) is 1. The van der Waals surface area contributed by atoms with Gasteiger partial charge in [0.25, 0.3) is 12.3 Å². The highest BCUT2D eigenvalue weighted by Gasteiger charge is 2.23. The number of aliphatic imine (C=N–C) groups is 1. The molecule has 0 fully saturated rings. The Hall–Kier alpha value is -2.84. The lowest BCUT2D eigenvalue weighted by Gasteiger charge is -2.19. The number of carbonyl (C=O) groups excluding carboxylic acids is 2. The Morgan fingerprint density at radius 3 is 2.59 bits per heavy atom. The molecule has 0 unspecified atom stereocenters. The van der Waals surface area contributed by atoms with Gasteiger partial charge in [0.1, 0.15) is 23.0 Å². The molecule has 27 heavy (non-hydrogen) atoms. The van der Waals surface area contributed by atoms with Gasteiger partial charge < -0.3 is 16.4 Å². The number of nitrogens with one attached hydrogen (secondary N) is 2. The summed E-state index contributed by atoms with van der Waals surface area (Å²) in [4.78, 5) is 31.6. The van der Waals surface area contributed by atoms with Gasteiger partial charge in [0.2, 0.25) is 0 Å². The van der Waals surface area contributed by atoms with Gasteiger partial charge in [-0.15, -0.1) is 0 Å². The number of ketones is 1. The number of nitrogens with zero attached hydrogens (tertiary/aromatic N) is 2. The van der Waals surface area contributed by atoms with Gasteiger partial charge in [-0.1, -0.05) is 19.9 Å². The SMILES string of the molecule is CN/C=C(/NC(=O)c1cccc(C(F)F)n1)C(N)=NCCC(C)(C)C(C)=O. The van der Waals surface area contributed by atoms with E-state index in [1.807, 2.05) is 13.8 Å². The molecule has 7 nitrogen and oxygen atoms in total. The molecule has 0 atom stereocenters. The van der Waals surface area contributed by atoms with Crippen molar-refractivity contribution in [2.75, 3.05) is 13.6 Å². The van der Waals surface area contributed by atoms with E-state index in [0.29, 0.717) is 6.42 Å². The highest BCUT2D eigenvalue weighted by molar-refractivity contribution is 6.03. The van der Waals surface area contributed by atoms with Gasteiger partial charge in [-0.3, -0.25) is 14.6 Å². The minimum Gasteiger partial charge on any atom is -0.392 e. The van der Waals surface area contributed by atoms with Crippen molar-refractivity contribution in [1.82, 2.24) is 15.6 Å². The van der Waals surface area contributed by atoms with E-state index in [1.165, 1.54) is 25.3 Å². The van der Waals surface area contributed by atoms with Gasteiger partial charge in [-0.05, 0) is 25.5 Å². The van der Waals surface area contributed by atoms with Crippen molar-refractivity contribution in [3.8, 4) is 0 Å². The molecule has 1 rings (SSSR count). The average Bonchev–Trinajstić information content (AvgIpc) is 2.60. The predicted octanol–water partition coefficient (Wildman–Crippen LogP) is 2.17. The molecule has 4 N–H and O–H groups in total. The fourth-order valence-corrected chi connectivity index (χ4v) is 1.92. The largest absolute Gasteiger partial charge is 0.392 e. The molecular weight excluding hydrogens is 356 g/mol. The van der Waals surface area contributed by atoms with E-state index in [1.54, 1.807) is 7.05 Å². The van der Waals surface area contributed by atoms with Crippen molar-refractivity contribution < 1.29 is 18.4 Å². The molecule has 1 amide bonds. The average molecular weight is 381 g/mol. The molecule has 1 heterocycles. The maximum Gasteiger partial charge on any atom is 0.280 e. The number of hydrogen-bond acceptors (Lipinski definition) is 5. The Morgan fingerprint density at radius 2 is 2.04 bits per heavy atom. The molecule has 0 bridgehead atoms. The standard InChI is InChI=1S/C18H25F2N5O2/c1-11(26)18(2,3)8-9-23-16(21)14(10-22-4)25-17(27)13-7-5-6-12(24-13)15(19)20/h5-7,10,15,22H,8-9H2,1-4H3,(H2,21,23)(H,25,27)/b14-10+. The number of alkyl halides is 2. The van der Waals surface area contributed by atoms with Crippen molar-refractivity contribution in [2.45, 2.75) is 33.6 Å². The third-order valence-electron chi connectivity index (χ3n) is 4.01. The molecule has 0 aromatic carbocycles. The molecule has 0 saturated heterocycles. The Kier molecular flexibility index (Phi) is 8.01. The summed E-state index contributed by atoms with van der Waals surface area (Å²) in [7, 11) is 1.61. The summed E-state index contributed by atoms with van der Waals surface area (Å²) in [6, 6.07) is 3.78. The summed E-state index contributed by atoms with van der Waals surface area (Å²) in [5, 5.41) is 5.23. The number of pyridine rings is 1. The smallest absolute Gasteiger partial charge is 0.280 e. The monoisotopic (exact) mass is 381 g/mol. The highest BCUT2D eigenvalue weighted by atomic mass is 19.3. The van der Waals surface area contributed by atoms with Gasteiger partial charge in [0, 0.05) is 25.2 Å². The maximum atomic E-state index is 12.7. The minimum atomic E-state index is -2.78. The van der Waals surface area contributed by atoms with Crippen molar-refractivity contribution in [1.29, 1.82) is 0 Å². The van der Waals surface area contributed by atoms with Crippen LogP contribution in [0, 0.1) is 5.41 Å². The van der Waals surface area contributed by atoms with E-state index < -0.39 is 23.4 Å². The van der Waals surface area contributed by atoms with Crippen LogP contribution in [0.2, 0.25) is 0 Å². The van der Waals surface area contributed by atoms with Gasteiger partial charge >= 0.3 is 0 Å². The lowest BCUT2D eigenvalue weighted by molar-refractivity contribution is -0.125. The van der Waals surface area contributed by atoms with E-state index in [4.69, 9.17) is 5.73 Å². The summed E-state index contributed by atoms with van der Waals surface area (Å²) in [5.41, 5.74) is 4.90. The summed E-state index contributed by atoms with van der Waals surface area (Å²) < 4.78 is 25.5. The van der Waals surface area contributed by atoms with Crippen LogP contribution in [0.15, 0.2) is 35.1 Å². The Morgan fingerprint density at radius 1 is 1.37 bits per heavy atom. The van der Waals surface area contributed by atoms with E-state index in [2.05, 4.69) is 20.6 Å². The highest BCUT2D eigenvalue weighted by Crippen LogP contribution is 2.21. The van der Waals surface area contributed by atoms with E-state index in [-0.39, 0.29) is 29.6 Å². The lowest BCUT2D eigenvalue weighted by atomic mass is 9.85. The number of carbonyl (C=O) groups is 2. The Labute approximate surface area is 157 Å². The van der Waals surface area contributed by atoms with Gasteiger partial charge in [0.15, 0.2) is 0 Å². The number of amides is 1. The summed E-state index contributed by atoms with van der Waals surface area (Å²) in [6.07, 6.45) is -0.868. The first-order valence-corrected chi connectivity index (χ1v) is 8.33. The second-order valence-corrected chi connectivity index (χ2v) is 6.51. The fraction of sp³-hybridized carbons (Fsp3) is 0.444.